The van der Waals surface area contributed by atoms with Gasteiger partial charge in [-0.2, -0.15) is 5.10 Å². The number of benzene rings is 1. The highest BCUT2D eigenvalue weighted by molar-refractivity contribution is 7.15. The second-order valence-electron chi connectivity index (χ2n) is 5.31. The predicted molar refractivity (Wildman–Crippen MR) is 87.4 cm³/mol. The first kappa shape index (κ1) is 15.0. The molecular formula is C16H13FN4O2S. The van der Waals surface area contributed by atoms with Crippen molar-refractivity contribution >= 4 is 22.4 Å². The maximum absolute atomic E-state index is 13.1. The molecule has 0 saturated heterocycles. The van der Waals surface area contributed by atoms with Crippen molar-refractivity contribution < 1.29 is 13.9 Å². The summed E-state index contributed by atoms with van der Waals surface area (Å²) in [7, 11) is 0. The molecule has 6 nitrogen and oxygen atoms in total. The van der Waals surface area contributed by atoms with Gasteiger partial charge in [-0.3, -0.25) is 15.2 Å². The molecule has 0 spiro atoms. The molecule has 3 heterocycles. The van der Waals surface area contributed by atoms with Crippen molar-refractivity contribution in [1.29, 1.82) is 0 Å². The number of hydrogen-bond acceptors (Lipinski definition) is 5. The summed E-state index contributed by atoms with van der Waals surface area (Å²) in [5, 5.41) is 10.1. The summed E-state index contributed by atoms with van der Waals surface area (Å²) < 4.78 is 18.5. The Labute approximate surface area is 140 Å². The lowest BCUT2D eigenvalue weighted by atomic mass is 10.1. The number of fused-ring (bicyclic) bond motifs is 1. The van der Waals surface area contributed by atoms with E-state index in [1.54, 1.807) is 12.1 Å². The van der Waals surface area contributed by atoms with Crippen LogP contribution in [0, 0.1) is 5.82 Å². The van der Waals surface area contributed by atoms with Crippen molar-refractivity contribution in [3.63, 3.8) is 0 Å². The molecule has 0 atom stereocenters. The molecule has 122 valence electrons. The molecule has 1 aliphatic rings. The van der Waals surface area contributed by atoms with Gasteiger partial charge in [-0.15, -0.1) is 0 Å². The smallest absolute Gasteiger partial charge is 0.261 e. The first-order chi connectivity index (χ1) is 11.7. The number of ether oxygens (including phenoxy) is 1. The van der Waals surface area contributed by atoms with Crippen LogP contribution >= 0.6 is 11.3 Å². The maximum atomic E-state index is 13.1. The highest BCUT2D eigenvalue weighted by Gasteiger charge is 2.20. The van der Waals surface area contributed by atoms with Crippen LogP contribution in [0.25, 0.3) is 11.3 Å². The monoisotopic (exact) mass is 344 g/mol. The van der Waals surface area contributed by atoms with Gasteiger partial charge in [0.2, 0.25) is 0 Å². The molecule has 0 fully saturated rings. The number of hydrogen-bond donors (Lipinski definition) is 2. The van der Waals surface area contributed by atoms with Crippen LogP contribution in [0.15, 0.2) is 30.5 Å². The van der Waals surface area contributed by atoms with Gasteiger partial charge in [-0.25, -0.2) is 9.37 Å². The third-order valence-electron chi connectivity index (χ3n) is 3.73. The topological polar surface area (TPSA) is 79.9 Å². The van der Waals surface area contributed by atoms with E-state index in [4.69, 9.17) is 4.74 Å². The number of nitrogens with one attached hydrogen (secondary N) is 2. The Morgan fingerprint density at radius 3 is 2.96 bits per heavy atom. The third-order valence-corrected chi connectivity index (χ3v) is 4.72. The first-order valence-corrected chi connectivity index (χ1v) is 8.19. The van der Waals surface area contributed by atoms with Crippen LogP contribution in [-0.4, -0.2) is 27.7 Å². The number of nitrogens with zero attached hydrogens (tertiary/aromatic N) is 2. The fourth-order valence-corrected chi connectivity index (χ4v) is 3.48. The standard InChI is InChI=1S/C16H13FN4O2S/c17-10-3-1-9(2-4-10)14-11(7-18-21-14)15(22)20-16-19-12-5-6-23-8-13(12)24-16/h1-4,7H,5-6,8H2,(H,18,21)(H,19,20,22). The first-order valence-electron chi connectivity index (χ1n) is 7.37. The number of amides is 1. The van der Waals surface area contributed by atoms with Crippen LogP contribution in [0.3, 0.4) is 0 Å². The van der Waals surface area contributed by atoms with Gasteiger partial charge in [-0.05, 0) is 24.3 Å². The van der Waals surface area contributed by atoms with Gasteiger partial charge in [0, 0.05) is 12.0 Å². The zero-order chi connectivity index (χ0) is 16.5. The number of halogens is 1. The zero-order valence-electron chi connectivity index (χ0n) is 12.5. The molecule has 0 bridgehead atoms. The summed E-state index contributed by atoms with van der Waals surface area (Å²) in [6.07, 6.45) is 2.21. The van der Waals surface area contributed by atoms with Crippen molar-refractivity contribution in [3.8, 4) is 11.3 Å². The number of H-pyrrole nitrogens is 1. The second kappa shape index (κ2) is 6.14. The number of rotatable bonds is 3. The summed E-state index contributed by atoms with van der Waals surface area (Å²) in [5.74, 6) is -0.644. The minimum absolute atomic E-state index is 0.310. The van der Waals surface area contributed by atoms with Crippen LogP contribution < -0.4 is 5.32 Å². The molecule has 3 aromatic rings. The molecule has 0 aliphatic carbocycles. The number of anilines is 1. The lowest BCUT2D eigenvalue weighted by Crippen LogP contribution is -2.12. The lowest BCUT2D eigenvalue weighted by molar-refractivity contribution is 0.102. The average Bonchev–Trinajstić information content (AvgIpc) is 3.21. The van der Waals surface area contributed by atoms with E-state index < -0.39 is 0 Å². The fourth-order valence-electron chi connectivity index (χ4n) is 2.54. The Hall–Kier alpha value is -2.58. The molecule has 0 unspecified atom stereocenters. The Morgan fingerprint density at radius 2 is 2.17 bits per heavy atom. The molecule has 1 amide bonds. The molecular weight excluding hydrogens is 331 g/mol. The van der Waals surface area contributed by atoms with Crippen molar-refractivity contribution in [3.05, 3.63) is 52.4 Å². The molecule has 1 aromatic carbocycles. The number of carbonyl (C=O) groups excluding carboxylic acids is 1. The number of thiazole rings is 1. The molecule has 24 heavy (non-hydrogen) atoms. The summed E-state index contributed by atoms with van der Waals surface area (Å²) in [6.45, 7) is 1.19. The van der Waals surface area contributed by atoms with E-state index in [9.17, 15) is 9.18 Å². The predicted octanol–water partition coefficient (Wildman–Crippen LogP) is 3.00. The summed E-state index contributed by atoms with van der Waals surface area (Å²) in [6, 6.07) is 5.87. The SMILES string of the molecule is O=C(Nc1nc2c(s1)COCC2)c1cn[nH]c1-c1ccc(F)cc1. The van der Waals surface area contributed by atoms with E-state index in [0.717, 1.165) is 17.0 Å². The van der Waals surface area contributed by atoms with Gasteiger partial charge in [-0.1, -0.05) is 11.3 Å². The minimum atomic E-state index is -0.333. The normalized spacial score (nSPS) is 13.5. The molecule has 1 aliphatic heterocycles. The zero-order valence-corrected chi connectivity index (χ0v) is 13.3. The van der Waals surface area contributed by atoms with Crippen molar-refractivity contribution in [2.75, 3.05) is 11.9 Å². The Morgan fingerprint density at radius 1 is 1.33 bits per heavy atom. The molecule has 2 N–H and O–H groups in total. The van der Waals surface area contributed by atoms with Gasteiger partial charge < -0.3 is 4.74 Å². The van der Waals surface area contributed by atoms with E-state index in [1.165, 1.54) is 29.7 Å². The van der Waals surface area contributed by atoms with Gasteiger partial charge in [0.15, 0.2) is 5.13 Å². The molecule has 2 aromatic heterocycles. The van der Waals surface area contributed by atoms with Crippen molar-refractivity contribution in [2.45, 2.75) is 13.0 Å². The van der Waals surface area contributed by atoms with Gasteiger partial charge >= 0.3 is 0 Å². The van der Waals surface area contributed by atoms with Gasteiger partial charge in [0.25, 0.3) is 5.91 Å². The largest absolute Gasteiger partial charge is 0.375 e. The van der Waals surface area contributed by atoms with Crippen molar-refractivity contribution in [1.82, 2.24) is 15.2 Å². The minimum Gasteiger partial charge on any atom is -0.375 e. The molecule has 0 saturated carbocycles. The Kier molecular flexibility index (Phi) is 3.83. The maximum Gasteiger partial charge on any atom is 0.261 e. The van der Waals surface area contributed by atoms with E-state index in [-0.39, 0.29) is 11.7 Å². The van der Waals surface area contributed by atoms with E-state index in [2.05, 4.69) is 20.5 Å². The summed E-state index contributed by atoms with van der Waals surface area (Å²) in [4.78, 5) is 18.0. The lowest BCUT2D eigenvalue weighted by Gasteiger charge is -2.08. The molecule has 4 rings (SSSR count). The number of carbonyl (C=O) groups is 1. The van der Waals surface area contributed by atoms with Crippen LogP contribution in [0.5, 0.6) is 0 Å². The van der Waals surface area contributed by atoms with Gasteiger partial charge in [0.1, 0.15) is 5.82 Å². The van der Waals surface area contributed by atoms with Crippen molar-refractivity contribution in [2.24, 2.45) is 0 Å². The summed E-state index contributed by atoms with van der Waals surface area (Å²) >= 11 is 1.42. The number of aromatic nitrogens is 3. The third kappa shape index (κ3) is 2.81. The highest BCUT2D eigenvalue weighted by Crippen LogP contribution is 2.28. The summed E-state index contributed by atoms with van der Waals surface area (Å²) in [5.41, 5.74) is 2.58. The Balaban J connectivity index is 1.58. The quantitative estimate of drug-likeness (QED) is 0.765. The Bertz CT molecular complexity index is 864. The average molecular weight is 344 g/mol. The highest BCUT2D eigenvalue weighted by atomic mass is 32.1. The van der Waals surface area contributed by atoms with Crippen LogP contribution in [0.4, 0.5) is 9.52 Å². The molecule has 8 heteroatoms. The van der Waals surface area contributed by atoms with Crippen LogP contribution in [0.2, 0.25) is 0 Å². The van der Waals surface area contributed by atoms with Crippen LogP contribution in [0.1, 0.15) is 20.9 Å². The van der Waals surface area contributed by atoms with E-state index in [1.807, 2.05) is 0 Å². The van der Waals surface area contributed by atoms with Crippen LogP contribution in [-0.2, 0) is 17.8 Å². The second-order valence-corrected chi connectivity index (χ2v) is 6.39. The molecule has 0 radical (unpaired) electrons. The van der Waals surface area contributed by atoms with E-state index >= 15 is 0 Å². The number of aromatic amines is 1. The van der Waals surface area contributed by atoms with Gasteiger partial charge in [0.05, 0.1) is 41.2 Å². The fraction of sp³-hybridized carbons (Fsp3) is 0.188. The van der Waals surface area contributed by atoms with E-state index in [0.29, 0.717) is 35.2 Å².